The van der Waals surface area contributed by atoms with Crippen LogP contribution in [0.3, 0.4) is 0 Å². The van der Waals surface area contributed by atoms with Crippen molar-refractivity contribution in [3.63, 3.8) is 0 Å². The van der Waals surface area contributed by atoms with Gasteiger partial charge in [0.2, 0.25) is 0 Å². The third-order valence-corrected chi connectivity index (χ3v) is 5.95. The maximum Gasteiger partial charge on any atom is 0.335 e. The van der Waals surface area contributed by atoms with Crippen molar-refractivity contribution in [3.05, 3.63) is 59.7 Å². The number of amides is 1. The van der Waals surface area contributed by atoms with Crippen molar-refractivity contribution in [2.24, 2.45) is 0 Å². The van der Waals surface area contributed by atoms with E-state index in [4.69, 9.17) is 4.74 Å². The smallest absolute Gasteiger partial charge is 0.335 e. The molecule has 6 heteroatoms. The quantitative estimate of drug-likeness (QED) is 0.714. The number of carboxylic acids is 1. The maximum absolute atomic E-state index is 13.3. The number of nitrogens with zero attached hydrogens (tertiary/aromatic N) is 2. The molecule has 6 nitrogen and oxygen atoms in total. The number of hydrogen-bond acceptors (Lipinski definition) is 4. The van der Waals surface area contributed by atoms with Crippen molar-refractivity contribution in [2.45, 2.75) is 58.5 Å². The summed E-state index contributed by atoms with van der Waals surface area (Å²) in [5, 5.41) is 9.54. The van der Waals surface area contributed by atoms with E-state index in [0.29, 0.717) is 24.9 Å². The Balaban J connectivity index is 1.92. The normalized spacial score (nSPS) is 16.0. The Morgan fingerprint density at radius 1 is 0.969 bits per heavy atom. The van der Waals surface area contributed by atoms with Gasteiger partial charge in [-0.05, 0) is 69.1 Å². The van der Waals surface area contributed by atoms with Crippen LogP contribution in [-0.2, 0) is 11.3 Å². The summed E-state index contributed by atoms with van der Waals surface area (Å²) in [6.07, 6.45) is 5.41. The molecule has 1 amide bonds. The number of aromatic carboxylic acids is 1. The number of hydrogen-bond donors (Lipinski definition) is 1. The molecule has 3 rings (SSSR count). The Labute approximate surface area is 190 Å². The summed E-state index contributed by atoms with van der Waals surface area (Å²) < 4.78 is 5.73. The highest BCUT2D eigenvalue weighted by molar-refractivity contribution is 5.96. The first-order valence-corrected chi connectivity index (χ1v) is 11.5. The summed E-state index contributed by atoms with van der Waals surface area (Å²) in [5.74, 6) is -0.422. The van der Waals surface area contributed by atoms with E-state index in [9.17, 15) is 14.7 Å². The first kappa shape index (κ1) is 23.8. The van der Waals surface area contributed by atoms with E-state index in [0.717, 1.165) is 49.9 Å². The molecular formula is C26H34N2O4. The lowest BCUT2D eigenvalue weighted by Gasteiger charge is -2.31. The number of ether oxygens (including phenoxy) is 1. The van der Waals surface area contributed by atoms with Gasteiger partial charge >= 0.3 is 5.97 Å². The van der Waals surface area contributed by atoms with Gasteiger partial charge in [0.05, 0.1) is 5.56 Å². The van der Waals surface area contributed by atoms with Gasteiger partial charge in [0.15, 0.2) is 6.61 Å². The van der Waals surface area contributed by atoms with Crippen LogP contribution in [0.1, 0.15) is 61.9 Å². The molecule has 0 aromatic heterocycles. The van der Waals surface area contributed by atoms with Crippen molar-refractivity contribution in [1.29, 1.82) is 0 Å². The molecule has 1 heterocycles. The van der Waals surface area contributed by atoms with Crippen LogP contribution >= 0.6 is 0 Å². The van der Waals surface area contributed by atoms with Crippen molar-refractivity contribution < 1.29 is 19.4 Å². The number of anilines is 1. The van der Waals surface area contributed by atoms with E-state index in [1.54, 1.807) is 23.1 Å². The Morgan fingerprint density at radius 3 is 2.34 bits per heavy atom. The second-order valence-electron chi connectivity index (χ2n) is 8.63. The molecule has 0 unspecified atom stereocenters. The molecule has 2 aromatic rings. The van der Waals surface area contributed by atoms with Crippen LogP contribution in [0.25, 0.3) is 0 Å². The number of carbonyl (C=O) groups is 2. The molecule has 1 N–H and O–H groups in total. The molecular weight excluding hydrogens is 404 g/mol. The Hall–Kier alpha value is -2.86. The minimum atomic E-state index is -0.958. The standard InChI is InChI=1S/C26H34N2O4/c1-20(2)27-15-9-4-3-5-10-16-28(25(29)19-32-23-11-7-6-8-12-23)24-14-13-21(26(30)31)17-22(24)18-27/h6-8,11-14,17,20H,3-5,9-10,15-16,18-19H2,1-2H3,(H,30,31). The van der Waals surface area contributed by atoms with Gasteiger partial charge in [-0.15, -0.1) is 0 Å². The van der Waals surface area contributed by atoms with E-state index in [2.05, 4.69) is 18.7 Å². The third-order valence-electron chi connectivity index (χ3n) is 5.95. The van der Waals surface area contributed by atoms with Crippen LogP contribution in [-0.4, -0.2) is 47.6 Å². The van der Waals surface area contributed by atoms with Crippen LogP contribution in [0.2, 0.25) is 0 Å². The predicted octanol–water partition coefficient (Wildman–Crippen LogP) is 4.97. The van der Waals surface area contributed by atoms with Gasteiger partial charge in [0.1, 0.15) is 5.75 Å². The second-order valence-corrected chi connectivity index (χ2v) is 8.63. The summed E-state index contributed by atoms with van der Waals surface area (Å²) in [7, 11) is 0. The van der Waals surface area contributed by atoms with Gasteiger partial charge in [-0.2, -0.15) is 0 Å². The lowest BCUT2D eigenvalue weighted by molar-refractivity contribution is -0.120. The fourth-order valence-corrected chi connectivity index (χ4v) is 4.08. The monoisotopic (exact) mass is 438 g/mol. The van der Waals surface area contributed by atoms with Gasteiger partial charge in [0.25, 0.3) is 5.91 Å². The molecule has 0 saturated carbocycles. The van der Waals surface area contributed by atoms with E-state index in [-0.39, 0.29) is 18.1 Å². The minimum absolute atomic E-state index is 0.0575. The Morgan fingerprint density at radius 2 is 1.66 bits per heavy atom. The number of carboxylic acid groups (broad SMARTS) is 1. The summed E-state index contributed by atoms with van der Waals surface area (Å²) in [6, 6.07) is 14.7. The van der Waals surface area contributed by atoms with Crippen molar-refractivity contribution >= 4 is 17.6 Å². The van der Waals surface area contributed by atoms with Gasteiger partial charge in [-0.1, -0.05) is 37.5 Å². The molecule has 1 aliphatic heterocycles. The summed E-state index contributed by atoms with van der Waals surface area (Å²) in [6.45, 7) is 6.42. The zero-order valence-electron chi connectivity index (χ0n) is 19.1. The summed E-state index contributed by atoms with van der Waals surface area (Å²) in [4.78, 5) is 29.0. The first-order valence-electron chi connectivity index (χ1n) is 11.5. The Bertz CT molecular complexity index is 898. The number of benzene rings is 2. The average Bonchev–Trinajstić information content (AvgIpc) is 2.78. The predicted molar refractivity (Wildman–Crippen MR) is 126 cm³/mol. The van der Waals surface area contributed by atoms with Gasteiger partial charge in [-0.25, -0.2) is 4.79 Å². The molecule has 0 aliphatic carbocycles. The van der Waals surface area contributed by atoms with Crippen molar-refractivity contribution in [2.75, 3.05) is 24.6 Å². The zero-order chi connectivity index (χ0) is 22.9. The topological polar surface area (TPSA) is 70.1 Å². The van der Waals surface area contributed by atoms with E-state index in [1.165, 1.54) is 0 Å². The molecule has 0 fully saturated rings. The summed E-state index contributed by atoms with van der Waals surface area (Å²) in [5.41, 5.74) is 1.89. The van der Waals surface area contributed by atoms with Crippen LogP contribution in [0.5, 0.6) is 5.75 Å². The molecule has 0 atom stereocenters. The highest BCUT2D eigenvalue weighted by Crippen LogP contribution is 2.27. The highest BCUT2D eigenvalue weighted by atomic mass is 16.5. The largest absolute Gasteiger partial charge is 0.484 e. The number of para-hydroxylation sites is 1. The van der Waals surface area contributed by atoms with Crippen molar-refractivity contribution in [1.82, 2.24) is 4.90 Å². The molecule has 32 heavy (non-hydrogen) atoms. The lowest BCUT2D eigenvalue weighted by atomic mass is 10.0. The van der Waals surface area contributed by atoms with Gasteiger partial charge in [-0.3, -0.25) is 9.69 Å². The van der Waals surface area contributed by atoms with Crippen molar-refractivity contribution in [3.8, 4) is 5.75 Å². The van der Waals surface area contributed by atoms with Gasteiger partial charge < -0.3 is 14.7 Å². The van der Waals surface area contributed by atoms with Crippen LogP contribution in [0, 0.1) is 0 Å². The van der Waals surface area contributed by atoms with E-state index in [1.807, 2.05) is 30.3 Å². The van der Waals surface area contributed by atoms with E-state index >= 15 is 0 Å². The fourth-order valence-electron chi connectivity index (χ4n) is 4.08. The molecule has 1 aliphatic rings. The zero-order valence-corrected chi connectivity index (χ0v) is 19.1. The lowest BCUT2D eigenvalue weighted by Crippen LogP contribution is -2.38. The van der Waals surface area contributed by atoms with Crippen LogP contribution in [0.4, 0.5) is 5.69 Å². The van der Waals surface area contributed by atoms with Gasteiger partial charge in [0, 0.05) is 24.8 Å². The number of fused-ring (bicyclic) bond motifs is 1. The molecule has 2 aromatic carbocycles. The van der Waals surface area contributed by atoms with Crippen LogP contribution in [0.15, 0.2) is 48.5 Å². The number of rotatable bonds is 5. The number of carbonyl (C=O) groups excluding carboxylic acids is 1. The fraction of sp³-hybridized carbons (Fsp3) is 0.462. The average molecular weight is 439 g/mol. The van der Waals surface area contributed by atoms with Crippen LogP contribution < -0.4 is 9.64 Å². The highest BCUT2D eigenvalue weighted by Gasteiger charge is 2.23. The first-order chi connectivity index (χ1) is 15.5. The molecule has 0 radical (unpaired) electrons. The SMILES string of the molecule is CC(C)N1CCCCCCCN(C(=O)COc2ccccc2)c2ccc(C(=O)O)cc2C1. The molecule has 172 valence electrons. The third kappa shape index (κ3) is 6.57. The molecule has 0 bridgehead atoms. The summed E-state index contributed by atoms with van der Waals surface area (Å²) >= 11 is 0. The van der Waals surface area contributed by atoms with E-state index < -0.39 is 5.97 Å². The minimum Gasteiger partial charge on any atom is -0.484 e. The molecule has 0 spiro atoms. The Kier molecular flexibility index (Phi) is 8.68. The second kappa shape index (κ2) is 11.7. The maximum atomic E-state index is 13.3. The molecule has 0 saturated heterocycles.